The van der Waals surface area contributed by atoms with E-state index in [0.29, 0.717) is 48.0 Å². The molecule has 3 aromatic rings. The van der Waals surface area contributed by atoms with E-state index in [4.69, 9.17) is 11.6 Å². The average molecular weight is 459 g/mol. The van der Waals surface area contributed by atoms with Crippen molar-refractivity contribution in [2.24, 2.45) is 0 Å². The van der Waals surface area contributed by atoms with Gasteiger partial charge in [-0.2, -0.15) is 4.31 Å². The molecule has 164 valence electrons. The SMILES string of the molecule is CNCCN(CCNC/C=C/c1ccc(Cl)cc1)S(=O)(=O)c1cccc2cnccc12. The molecule has 0 fully saturated rings. The zero-order chi connectivity index (χ0) is 22.1. The molecule has 2 aromatic carbocycles. The minimum Gasteiger partial charge on any atom is -0.318 e. The summed E-state index contributed by atoms with van der Waals surface area (Å²) in [6, 6.07) is 14.6. The van der Waals surface area contributed by atoms with Gasteiger partial charge in [0.25, 0.3) is 0 Å². The number of sulfonamides is 1. The molecule has 0 amide bonds. The van der Waals surface area contributed by atoms with E-state index in [9.17, 15) is 8.42 Å². The highest BCUT2D eigenvalue weighted by atomic mass is 35.5. The maximum Gasteiger partial charge on any atom is 0.243 e. The van der Waals surface area contributed by atoms with Crippen LogP contribution in [0.1, 0.15) is 5.56 Å². The van der Waals surface area contributed by atoms with Gasteiger partial charge in [0.15, 0.2) is 0 Å². The lowest BCUT2D eigenvalue weighted by Crippen LogP contribution is -2.40. The summed E-state index contributed by atoms with van der Waals surface area (Å²) in [5.41, 5.74) is 1.06. The summed E-state index contributed by atoms with van der Waals surface area (Å²) < 4.78 is 28.3. The van der Waals surface area contributed by atoms with Crippen LogP contribution in [0.25, 0.3) is 16.8 Å². The molecule has 0 bridgehead atoms. The number of likely N-dealkylation sites (N-methyl/N-ethyl adjacent to an activating group) is 1. The first-order chi connectivity index (χ1) is 15.0. The number of hydrogen-bond acceptors (Lipinski definition) is 5. The van der Waals surface area contributed by atoms with Crippen LogP contribution < -0.4 is 10.6 Å². The van der Waals surface area contributed by atoms with Gasteiger partial charge < -0.3 is 10.6 Å². The Hall–Kier alpha value is -2.29. The van der Waals surface area contributed by atoms with Crippen LogP contribution in [-0.2, 0) is 10.0 Å². The van der Waals surface area contributed by atoms with E-state index >= 15 is 0 Å². The van der Waals surface area contributed by atoms with Gasteiger partial charge in [0, 0.05) is 60.9 Å². The minimum absolute atomic E-state index is 0.311. The smallest absolute Gasteiger partial charge is 0.243 e. The normalized spacial score (nSPS) is 12.2. The lowest BCUT2D eigenvalue weighted by Gasteiger charge is -2.23. The minimum atomic E-state index is -3.64. The van der Waals surface area contributed by atoms with Gasteiger partial charge in [-0.3, -0.25) is 4.98 Å². The van der Waals surface area contributed by atoms with Gasteiger partial charge in [0.2, 0.25) is 10.0 Å². The summed E-state index contributed by atoms with van der Waals surface area (Å²) in [5.74, 6) is 0. The first-order valence-corrected chi connectivity index (χ1v) is 11.9. The van der Waals surface area contributed by atoms with E-state index in [2.05, 4.69) is 15.6 Å². The number of fused-ring (bicyclic) bond motifs is 1. The molecule has 2 N–H and O–H groups in total. The number of benzene rings is 2. The number of hydrogen-bond donors (Lipinski definition) is 2. The molecule has 6 nitrogen and oxygen atoms in total. The lowest BCUT2D eigenvalue weighted by atomic mass is 10.2. The maximum atomic E-state index is 13.4. The molecule has 0 saturated carbocycles. The van der Waals surface area contributed by atoms with Gasteiger partial charge >= 0.3 is 0 Å². The van der Waals surface area contributed by atoms with Crippen LogP contribution in [0.2, 0.25) is 5.02 Å². The average Bonchev–Trinajstić information content (AvgIpc) is 2.78. The molecule has 0 unspecified atom stereocenters. The van der Waals surface area contributed by atoms with Crippen LogP contribution in [-0.4, -0.2) is 57.5 Å². The van der Waals surface area contributed by atoms with Crippen LogP contribution in [0, 0.1) is 0 Å². The van der Waals surface area contributed by atoms with E-state index in [1.165, 1.54) is 4.31 Å². The van der Waals surface area contributed by atoms with Gasteiger partial charge in [-0.1, -0.05) is 48.0 Å². The third-order valence-electron chi connectivity index (χ3n) is 4.85. The zero-order valence-corrected chi connectivity index (χ0v) is 19.0. The van der Waals surface area contributed by atoms with E-state index in [-0.39, 0.29) is 0 Å². The van der Waals surface area contributed by atoms with Crippen molar-refractivity contribution in [3.05, 3.63) is 77.6 Å². The summed E-state index contributed by atoms with van der Waals surface area (Å²) >= 11 is 5.90. The second kappa shape index (κ2) is 11.4. The number of halogens is 1. The fraction of sp³-hybridized carbons (Fsp3) is 0.261. The van der Waals surface area contributed by atoms with Gasteiger partial charge in [-0.15, -0.1) is 0 Å². The Balaban J connectivity index is 1.64. The number of nitrogens with one attached hydrogen (secondary N) is 2. The quantitative estimate of drug-likeness (QED) is 0.431. The third-order valence-corrected chi connectivity index (χ3v) is 7.06. The highest BCUT2D eigenvalue weighted by Crippen LogP contribution is 2.24. The monoisotopic (exact) mass is 458 g/mol. The van der Waals surface area contributed by atoms with Crippen molar-refractivity contribution < 1.29 is 8.42 Å². The summed E-state index contributed by atoms with van der Waals surface area (Å²) in [5, 5.41) is 8.52. The van der Waals surface area contributed by atoms with E-state index < -0.39 is 10.0 Å². The number of aromatic nitrogens is 1. The predicted molar refractivity (Wildman–Crippen MR) is 128 cm³/mol. The Morgan fingerprint density at radius 2 is 1.84 bits per heavy atom. The molecule has 0 aliphatic rings. The Morgan fingerprint density at radius 3 is 2.61 bits per heavy atom. The van der Waals surface area contributed by atoms with Crippen molar-refractivity contribution in [3.8, 4) is 0 Å². The van der Waals surface area contributed by atoms with Crippen LogP contribution in [0.4, 0.5) is 0 Å². The Bertz CT molecular complexity index is 1110. The summed E-state index contributed by atoms with van der Waals surface area (Å²) in [6.07, 6.45) is 7.31. The van der Waals surface area contributed by atoms with Crippen molar-refractivity contribution in [3.63, 3.8) is 0 Å². The molecule has 0 spiro atoms. The summed E-state index contributed by atoms with van der Waals surface area (Å²) in [6.45, 7) is 2.52. The van der Waals surface area contributed by atoms with Crippen LogP contribution in [0.3, 0.4) is 0 Å². The van der Waals surface area contributed by atoms with Crippen molar-refractivity contribution in [2.45, 2.75) is 4.90 Å². The number of nitrogens with zero attached hydrogens (tertiary/aromatic N) is 2. The number of pyridine rings is 1. The molecule has 0 radical (unpaired) electrons. The molecule has 3 rings (SSSR count). The van der Waals surface area contributed by atoms with Crippen molar-refractivity contribution in [1.82, 2.24) is 19.9 Å². The summed E-state index contributed by atoms with van der Waals surface area (Å²) in [4.78, 5) is 4.40. The van der Waals surface area contributed by atoms with E-state index in [1.54, 1.807) is 30.6 Å². The Kier molecular flexibility index (Phi) is 8.57. The second-order valence-electron chi connectivity index (χ2n) is 7.02. The number of rotatable bonds is 11. The van der Waals surface area contributed by atoms with Crippen LogP contribution in [0.5, 0.6) is 0 Å². The van der Waals surface area contributed by atoms with Gasteiger partial charge in [-0.25, -0.2) is 8.42 Å². The maximum absolute atomic E-state index is 13.4. The fourth-order valence-corrected chi connectivity index (χ4v) is 4.99. The molecule has 1 heterocycles. The molecule has 0 aliphatic carbocycles. The molecule has 0 aliphatic heterocycles. The molecular weight excluding hydrogens is 432 g/mol. The molecule has 0 atom stereocenters. The first-order valence-electron chi connectivity index (χ1n) is 10.1. The van der Waals surface area contributed by atoms with Gasteiger partial charge in [0.1, 0.15) is 0 Å². The Morgan fingerprint density at radius 1 is 1.06 bits per heavy atom. The van der Waals surface area contributed by atoms with Crippen LogP contribution >= 0.6 is 11.6 Å². The highest BCUT2D eigenvalue weighted by molar-refractivity contribution is 7.89. The predicted octanol–water partition coefficient (Wildman–Crippen LogP) is 3.40. The molecular formula is C23H27ClN4O2S. The second-order valence-corrected chi connectivity index (χ2v) is 9.36. The summed E-state index contributed by atoms with van der Waals surface area (Å²) in [7, 11) is -1.83. The van der Waals surface area contributed by atoms with E-state index in [1.807, 2.05) is 49.5 Å². The van der Waals surface area contributed by atoms with Gasteiger partial charge in [-0.05, 0) is 36.9 Å². The standard InChI is InChI=1S/C23H27ClN4O2S/c1-25-14-16-28(17-15-26-12-3-4-19-7-9-21(24)10-8-19)31(29,30)23-6-2-5-20-18-27-13-11-22(20)23/h2-11,13,18,25-26H,12,14-17H2,1H3/b4-3+. The molecule has 0 saturated heterocycles. The van der Waals surface area contributed by atoms with Crippen LogP contribution in [0.15, 0.2) is 71.9 Å². The molecule has 1 aromatic heterocycles. The van der Waals surface area contributed by atoms with Crippen molar-refractivity contribution in [2.75, 3.05) is 39.8 Å². The fourth-order valence-electron chi connectivity index (χ4n) is 3.20. The van der Waals surface area contributed by atoms with Gasteiger partial charge in [0.05, 0.1) is 4.90 Å². The van der Waals surface area contributed by atoms with E-state index in [0.717, 1.165) is 10.9 Å². The third kappa shape index (κ3) is 6.35. The highest BCUT2D eigenvalue weighted by Gasteiger charge is 2.25. The van der Waals surface area contributed by atoms with Crippen molar-refractivity contribution in [1.29, 1.82) is 0 Å². The molecule has 8 heteroatoms. The molecule has 31 heavy (non-hydrogen) atoms. The topological polar surface area (TPSA) is 74.3 Å². The largest absolute Gasteiger partial charge is 0.318 e. The first kappa shape index (κ1) is 23.4. The lowest BCUT2D eigenvalue weighted by molar-refractivity contribution is 0.406. The Labute approximate surface area is 189 Å². The zero-order valence-electron chi connectivity index (χ0n) is 17.5. The van der Waals surface area contributed by atoms with Crippen molar-refractivity contribution >= 4 is 38.5 Å².